The van der Waals surface area contributed by atoms with E-state index in [4.69, 9.17) is 11.6 Å². The summed E-state index contributed by atoms with van der Waals surface area (Å²) in [6.07, 6.45) is 0. The maximum absolute atomic E-state index is 12.8. The number of carbonyl (C=O) groups excluding carboxylic acids is 2. The van der Waals surface area contributed by atoms with E-state index in [0.29, 0.717) is 21.6 Å². The first kappa shape index (κ1) is 26.9. The van der Waals surface area contributed by atoms with Gasteiger partial charge in [-0.15, -0.1) is 10.2 Å². The van der Waals surface area contributed by atoms with E-state index in [1.807, 2.05) is 67.8 Å². The molecule has 0 spiro atoms. The van der Waals surface area contributed by atoms with Crippen LogP contribution in [0.3, 0.4) is 0 Å². The van der Waals surface area contributed by atoms with Crippen molar-refractivity contribution in [2.75, 3.05) is 11.1 Å². The molecule has 7 nitrogen and oxygen atoms in total. The minimum absolute atomic E-state index is 0.123. The molecule has 0 saturated heterocycles. The highest BCUT2D eigenvalue weighted by Crippen LogP contribution is 2.26. The molecule has 0 fully saturated rings. The molecule has 0 atom stereocenters. The Bertz CT molecular complexity index is 1470. The van der Waals surface area contributed by atoms with E-state index in [1.165, 1.54) is 11.8 Å². The lowest BCUT2D eigenvalue weighted by molar-refractivity contribution is -0.113. The fourth-order valence-corrected chi connectivity index (χ4v) is 5.01. The molecule has 3 aromatic carbocycles. The molecule has 4 aromatic rings. The second-order valence-corrected chi connectivity index (χ2v) is 10.8. The van der Waals surface area contributed by atoms with Gasteiger partial charge >= 0.3 is 0 Å². The van der Waals surface area contributed by atoms with Gasteiger partial charge in [0.25, 0.3) is 5.91 Å². The Morgan fingerprint density at radius 1 is 1.00 bits per heavy atom. The molecule has 0 unspecified atom stereocenters. The van der Waals surface area contributed by atoms with E-state index < -0.39 is 0 Å². The maximum Gasteiger partial charge on any atom is 0.253 e. The molecule has 0 bridgehead atoms. The highest BCUT2D eigenvalue weighted by atomic mass is 79.9. The van der Waals surface area contributed by atoms with Crippen molar-refractivity contribution in [3.63, 3.8) is 0 Å². The number of amides is 2. The van der Waals surface area contributed by atoms with Crippen molar-refractivity contribution in [3.8, 4) is 5.69 Å². The van der Waals surface area contributed by atoms with Crippen LogP contribution in [0, 0.1) is 20.8 Å². The average Bonchev–Trinajstić information content (AvgIpc) is 3.26. The van der Waals surface area contributed by atoms with Gasteiger partial charge in [-0.1, -0.05) is 63.6 Å². The molecule has 4 rings (SSSR count). The van der Waals surface area contributed by atoms with Gasteiger partial charge in [-0.3, -0.25) is 14.2 Å². The van der Waals surface area contributed by atoms with E-state index in [1.54, 1.807) is 18.2 Å². The summed E-state index contributed by atoms with van der Waals surface area (Å²) in [5.41, 5.74) is 5.14. The van der Waals surface area contributed by atoms with Crippen LogP contribution in [0.4, 0.5) is 5.69 Å². The summed E-state index contributed by atoms with van der Waals surface area (Å²) in [5.74, 6) is 0.213. The normalized spacial score (nSPS) is 10.8. The highest BCUT2D eigenvalue weighted by molar-refractivity contribution is 9.10. The van der Waals surface area contributed by atoms with Crippen molar-refractivity contribution in [3.05, 3.63) is 98.2 Å². The number of anilines is 1. The third-order valence-electron chi connectivity index (χ3n) is 5.52. The van der Waals surface area contributed by atoms with E-state index in [9.17, 15) is 9.59 Å². The lowest BCUT2D eigenvalue weighted by atomic mass is 10.1. The SMILES string of the molecule is Cc1cccc(NC(=O)CSc2nnc(CNC(=O)c3cc(Br)ccc3Cl)n2-c2cc(C)ccc2C)c1. The number of nitrogens with zero attached hydrogens (tertiary/aromatic N) is 3. The number of halogens is 2. The van der Waals surface area contributed by atoms with Gasteiger partial charge in [0.1, 0.15) is 0 Å². The zero-order valence-electron chi connectivity index (χ0n) is 20.5. The Balaban J connectivity index is 1.56. The van der Waals surface area contributed by atoms with Crippen LogP contribution < -0.4 is 10.6 Å². The average molecular weight is 599 g/mol. The predicted molar refractivity (Wildman–Crippen MR) is 152 cm³/mol. The lowest BCUT2D eigenvalue weighted by Gasteiger charge is -2.14. The molecule has 1 heterocycles. The standard InChI is InChI=1S/C27H25BrClN5O2S/c1-16-5-4-6-20(11-16)31-25(35)15-37-27-33-32-24(34(27)23-12-17(2)7-8-18(23)3)14-30-26(36)21-13-19(28)9-10-22(21)29/h4-13H,14-15H2,1-3H3,(H,30,36)(H,31,35). The van der Waals surface area contributed by atoms with E-state index in [2.05, 4.69) is 36.8 Å². The number of nitrogens with one attached hydrogen (secondary N) is 2. The smallest absolute Gasteiger partial charge is 0.253 e. The topological polar surface area (TPSA) is 88.9 Å². The minimum Gasteiger partial charge on any atom is -0.345 e. The van der Waals surface area contributed by atoms with Crippen LogP contribution in [0.1, 0.15) is 32.9 Å². The van der Waals surface area contributed by atoms with Crippen LogP contribution in [0.15, 0.2) is 70.3 Å². The maximum atomic E-state index is 12.8. The van der Waals surface area contributed by atoms with Gasteiger partial charge < -0.3 is 10.6 Å². The summed E-state index contributed by atoms with van der Waals surface area (Å²) in [4.78, 5) is 25.5. The van der Waals surface area contributed by atoms with Crippen LogP contribution in [-0.4, -0.2) is 32.3 Å². The number of hydrogen-bond acceptors (Lipinski definition) is 5. The van der Waals surface area contributed by atoms with Crippen molar-refractivity contribution in [1.29, 1.82) is 0 Å². The van der Waals surface area contributed by atoms with E-state index in [0.717, 1.165) is 32.5 Å². The Kier molecular flexibility index (Phi) is 8.68. The predicted octanol–water partition coefficient (Wildman–Crippen LogP) is 6.27. The summed E-state index contributed by atoms with van der Waals surface area (Å²) in [7, 11) is 0. The molecule has 2 amide bonds. The molecule has 0 saturated carbocycles. The second-order valence-electron chi connectivity index (χ2n) is 8.54. The fourth-order valence-electron chi connectivity index (χ4n) is 3.69. The minimum atomic E-state index is -0.325. The summed E-state index contributed by atoms with van der Waals surface area (Å²) in [6.45, 7) is 6.10. The lowest BCUT2D eigenvalue weighted by Crippen LogP contribution is -2.25. The number of thioether (sulfide) groups is 1. The van der Waals surface area contributed by atoms with Crippen LogP contribution in [-0.2, 0) is 11.3 Å². The highest BCUT2D eigenvalue weighted by Gasteiger charge is 2.19. The number of rotatable bonds is 8. The summed E-state index contributed by atoms with van der Waals surface area (Å²) < 4.78 is 2.64. The van der Waals surface area contributed by atoms with Crippen LogP contribution in [0.25, 0.3) is 5.69 Å². The first-order valence-electron chi connectivity index (χ1n) is 11.5. The molecule has 0 radical (unpaired) electrons. The van der Waals surface area contributed by atoms with Crippen molar-refractivity contribution >= 4 is 56.8 Å². The summed E-state index contributed by atoms with van der Waals surface area (Å²) in [5, 5.41) is 15.4. The molecule has 2 N–H and O–H groups in total. The molecule has 37 heavy (non-hydrogen) atoms. The molecular weight excluding hydrogens is 574 g/mol. The Hall–Kier alpha value is -3.14. The Morgan fingerprint density at radius 3 is 2.57 bits per heavy atom. The molecular formula is C27H25BrClN5O2S. The summed E-state index contributed by atoms with van der Waals surface area (Å²) >= 11 is 10.9. The third-order valence-corrected chi connectivity index (χ3v) is 7.27. The van der Waals surface area contributed by atoms with Gasteiger partial charge in [0, 0.05) is 10.2 Å². The van der Waals surface area contributed by atoms with Crippen LogP contribution in [0.5, 0.6) is 0 Å². The largest absolute Gasteiger partial charge is 0.345 e. The second kappa shape index (κ2) is 11.9. The first-order chi connectivity index (χ1) is 17.7. The summed E-state index contributed by atoms with van der Waals surface area (Å²) in [6, 6.07) is 18.8. The van der Waals surface area contributed by atoms with Crippen LogP contribution in [0.2, 0.25) is 5.02 Å². The van der Waals surface area contributed by atoms with Gasteiger partial charge in [0.15, 0.2) is 11.0 Å². The van der Waals surface area contributed by atoms with Crippen LogP contribution >= 0.6 is 39.3 Å². The zero-order chi connectivity index (χ0) is 26.5. The molecule has 1 aromatic heterocycles. The first-order valence-corrected chi connectivity index (χ1v) is 13.6. The number of hydrogen-bond donors (Lipinski definition) is 2. The number of aromatic nitrogens is 3. The zero-order valence-corrected chi connectivity index (χ0v) is 23.7. The van der Waals surface area contributed by atoms with Crippen molar-refractivity contribution in [2.45, 2.75) is 32.5 Å². The Morgan fingerprint density at radius 2 is 1.78 bits per heavy atom. The molecule has 0 aliphatic rings. The third kappa shape index (κ3) is 6.80. The van der Waals surface area contributed by atoms with E-state index in [-0.39, 0.29) is 24.1 Å². The van der Waals surface area contributed by atoms with Crippen molar-refractivity contribution in [2.24, 2.45) is 0 Å². The molecule has 0 aliphatic heterocycles. The quantitative estimate of drug-likeness (QED) is 0.234. The van der Waals surface area contributed by atoms with Gasteiger partial charge in [-0.05, 0) is 73.9 Å². The molecule has 190 valence electrons. The van der Waals surface area contributed by atoms with Crippen molar-refractivity contribution in [1.82, 2.24) is 20.1 Å². The van der Waals surface area contributed by atoms with Gasteiger partial charge in [0.2, 0.25) is 5.91 Å². The number of aryl methyl sites for hydroxylation is 3. The Labute approximate surface area is 233 Å². The van der Waals surface area contributed by atoms with Crippen molar-refractivity contribution < 1.29 is 9.59 Å². The molecule has 0 aliphatic carbocycles. The fraction of sp³-hybridized carbons (Fsp3) is 0.185. The monoisotopic (exact) mass is 597 g/mol. The molecule has 10 heteroatoms. The number of carbonyl (C=O) groups is 2. The van der Waals surface area contributed by atoms with E-state index >= 15 is 0 Å². The van der Waals surface area contributed by atoms with Gasteiger partial charge in [0.05, 0.1) is 28.6 Å². The number of benzene rings is 3. The van der Waals surface area contributed by atoms with Gasteiger partial charge in [-0.25, -0.2) is 0 Å². The van der Waals surface area contributed by atoms with Gasteiger partial charge in [-0.2, -0.15) is 0 Å².